The van der Waals surface area contributed by atoms with Crippen LogP contribution >= 0.6 is 56.7 Å². The Hall–Kier alpha value is -1.48. The van der Waals surface area contributed by atoms with Crippen LogP contribution in [0.3, 0.4) is 0 Å². The molecule has 0 spiro atoms. The molecule has 2 unspecified atom stereocenters. The predicted molar refractivity (Wildman–Crippen MR) is 233 cm³/mol. The van der Waals surface area contributed by atoms with E-state index in [1.165, 1.54) is 48.2 Å². The molecule has 0 saturated heterocycles. The molecule has 1 saturated carbocycles. The Kier molecular flexibility index (Phi) is 17.9. The van der Waals surface area contributed by atoms with Crippen molar-refractivity contribution < 1.29 is 24.2 Å². The first-order chi connectivity index (χ1) is 23.8. The van der Waals surface area contributed by atoms with Crippen LogP contribution in [0.1, 0.15) is 85.8 Å². The van der Waals surface area contributed by atoms with E-state index in [1.807, 2.05) is 60.7 Å². The van der Waals surface area contributed by atoms with E-state index in [4.69, 9.17) is 0 Å². The van der Waals surface area contributed by atoms with Crippen molar-refractivity contribution in [3.05, 3.63) is 164 Å². The van der Waals surface area contributed by atoms with Gasteiger partial charge in [0.1, 0.15) is 0 Å². The number of hydrogen-bond donors (Lipinski definition) is 0. The van der Waals surface area contributed by atoms with Crippen molar-refractivity contribution in [3.8, 4) is 0 Å². The molecule has 5 heteroatoms. The van der Waals surface area contributed by atoms with Crippen molar-refractivity contribution in [2.24, 2.45) is 27.6 Å². The van der Waals surface area contributed by atoms with E-state index in [-0.39, 0.29) is 46.5 Å². The topological polar surface area (TPSA) is 0 Å². The standard InChI is InChI=1S/C29H37.2C6H4Br.C5H5.CH2.2ClH.Zr/c1-18-25-22-17-19-13-9-10-14-20(19)24(22)21-15-11-12-16-23(21)29(25,8)28(6,7)27(4,5)26(18,2)3;2*7-6-4-2-1-3-5-6;1-2-4-5-3-1;;;;/h9-11,13-15,23H,12,16-17H2,1-8H3;2*1-2,4-5H;1-3H,4H2;1H2;2*1H;/q4*-1;;;;. The molecule has 5 aliphatic carbocycles. The van der Waals surface area contributed by atoms with Crippen molar-refractivity contribution in [3.63, 3.8) is 0 Å². The minimum absolute atomic E-state index is 0. The summed E-state index contributed by atoms with van der Waals surface area (Å²) in [6.45, 7) is 20.3. The third-order valence-electron chi connectivity index (χ3n) is 12.7. The van der Waals surface area contributed by atoms with Gasteiger partial charge in [-0.15, -0.1) is 70.0 Å². The second-order valence-electron chi connectivity index (χ2n) is 15.2. The van der Waals surface area contributed by atoms with Gasteiger partial charge in [-0.25, -0.2) is 18.1 Å². The Balaban J connectivity index is 0.000000331. The van der Waals surface area contributed by atoms with E-state index < -0.39 is 0 Å². The molecule has 3 aromatic carbocycles. The number of hydrogen-bond acceptors (Lipinski definition) is 0. The first kappa shape index (κ1) is 46.7. The monoisotopic (exact) mass is 936 g/mol. The number of fused-ring (bicyclic) bond motifs is 6. The molecule has 0 heterocycles. The number of allylic oxidation sites excluding steroid dienone is 10. The van der Waals surface area contributed by atoms with Crippen molar-refractivity contribution in [2.75, 3.05) is 0 Å². The summed E-state index contributed by atoms with van der Waals surface area (Å²) in [6.07, 6.45) is 18.5. The molecule has 278 valence electrons. The third-order valence-corrected chi connectivity index (χ3v) is 13.7. The minimum atomic E-state index is 0. The molecule has 8 rings (SSSR count). The molecule has 5 aliphatic rings. The Morgan fingerprint density at radius 3 is 1.87 bits per heavy atom. The Labute approximate surface area is 360 Å². The fourth-order valence-electron chi connectivity index (χ4n) is 8.65. The molecule has 0 bridgehead atoms. The second kappa shape index (κ2) is 19.9. The molecule has 52 heavy (non-hydrogen) atoms. The molecule has 0 aliphatic heterocycles. The summed E-state index contributed by atoms with van der Waals surface area (Å²) >= 11 is 7.86. The van der Waals surface area contributed by atoms with E-state index in [2.05, 4.69) is 152 Å². The van der Waals surface area contributed by atoms with Crippen LogP contribution in [-0.2, 0) is 30.7 Å². The number of rotatable bonds is 0. The number of benzene rings is 3. The molecule has 0 amide bonds. The maximum absolute atomic E-state index is 3.34. The van der Waals surface area contributed by atoms with Crippen LogP contribution in [0.5, 0.6) is 0 Å². The van der Waals surface area contributed by atoms with Gasteiger partial charge in [-0.3, -0.25) is 6.08 Å². The van der Waals surface area contributed by atoms with Gasteiger partial charge in [0.2, 0.25) is 0 Å². The molecular formula is C47H54Br2Cl2Zr-4. The Morgan fingerprint density at radius 1 is 0.808 bits per heavy atom. The fourth-order valence-corrected chi connectivity index (χ4v) is 9.22. The molecule has 0 radical (unpaired) electrons. The summed E-state index contributed by atoms with van der Waals surface area (Å²) in [5, 5.41) is 0. The van der Waals surface area contributed by atoms with Crippen molar-refractivity contribution in [2.45, 2.75) is 81.1 Å². The van der Waals surface area contributed by atoms with E-state index in [0.29, 0.717) is 5.92 Å². The third kappa shape index (κ3) is 8.97. The van der Waals surface area contributed by atoms with Gasteiger partial charge in [0, 0.05) is 0 Å². The summed E-state index contributed by atoms with van der Waals surface area (Å²) < 4.78 is 5.50. The molecule has 0 N–H and O–H groups in total. The zero-order valence-electron chi connectivity index (χ0n) is 32.0. The molecular weight excluding hydrogens is 886 g/mol. The van der Waals surface area contributed by atoms with Gasteiger partial charge in [0.25, 0.3) is 0 Å². The van der Waals surface area contributed by atoms with Crippen LogP contribution in [0.4, 0.5) is 0 Å². The normalized spacial score (nSPS) is 22.6. The van der Waals surface area contributed by atoms with E-state index in [1.54, 1.807) is 28.2 Å². The van der Waals surface area contributed by atoms with E-state index >= 15 is 0 Å². The van der Waals surface area contributed by atoms with Crippen LogP contribution < -0.4 is 0 Å². The summed E-state index contributed by atoms with van der Waals surface area (Å²) in [5.41, 5.74) is 10.3. The van der Waals surface area contributed by atoms with Gasteiger partial charge in [-0.2, -0.15) is 77.9 Å². The van der Waals surface area contributed by atoms with Crippen molar-refractivity contribution >= 4 is 66.5 Å². The first-order valence-corrected chi connectivity index (χ1v) is 21.0. The SMILES string of the molecule is Brc1c[c-]ccc1.Brc1c[c-]ccc1.C[C-]1C2=C3Cc4ccccc4C3=C3C=CCCC3C2(C)C(C)(C)C(C)(C)C1(C)C.Cl.Cl.[C-]1=CC=CC1.[CH2]=[Zr]. The van der Waals surface area contributed by atoms with Crippen LogP contribution in [0.2, 0.25) is 0 Å². The zero-order chi connectivity index (χ0) is 36.7. The van der Waals surface area contributed by atoms with Crippen LogP contribution in [0.25, 0.3) is 5.57 Å². The fraction of sp³-hybridized carbons (Fsp3) is 0.362. The van der Waals surface area contributed by atoms with E-state index in [9.17, 15) is 0 Å². The van der Waals surface area contributed by atoms with Crippen LogP contribution in [-0.4, -0.2) is 4.21 Å². The average Bonchev–Trinajstić information content (AvgIpc) is 3.82. The Morgan fingerprint density at radius 2 is 1.40 bits per heavy atom. The van der Waals surface area contributed by atoms with Crippen LogP contribution in [0.15, 0.2) is 129 Å². The first-order valence-electron chi connectivity index (χ1n) is 17.6. The molecule has 2 atom stereocenters. The van der Waals surface area contributed by atoms with Crippen molar-refractivity contribution in [1.29, 1.82) is 0 Å². The zero-order valence-corrected chi connectivity index (χ0v) is 39.3. The van der Waals surface area contributed by atoms with Gasteiger partial charge in [-0.1, -0.05) is 122 Å². The number of halogens is 4. The summed E-state index contributed by atoms with van der Waals surface area (Å²) in [4.78, 5) is 0. The molecule has 3 aromatic rings. The second-order valence-corrected chi connectivity index (χ2v) is 17.0. The summed E-state index contributed by atoms with van der Waals surface area (Å²) in [7, 11) is 0. The Bertz CT molecular complexity index is 1720. The maximum atomic E-state index is 3.34. The molecule has 1 fully saturated rings. The van der Waals surface area contributed by atoms with Gasteiger partial charge in [0.05, 0.1) is 0 Å². The van der Waals surface area contributed by atoms with Crippen molar-refractivity contribution in [1.82, 2.24) is 0 Å². The van der Waals surface area contributed by atoms with Gasteiger partial charge < -0.3 is 0 Å². The van der Waals surface area contributed by atoms with E-state index in [0.717, 1.165) is 21.8 Å². The van der Waals surface area contributed by atoms with Crippen LogP contribution in [0, 0.1) is 51.7 Å². The molecule has 0 aromatic heterocycles. The summed E-state index contributed by atoms with van der Waals surface area (Å²) in [5.74, 6) is 2.24. The van der Waals surface area contributed by atoms with Gasteiger partial charge in [0.15, 0.2) is 0 Å². The van der Waals surface area contributed by atoms with Gasteiger partial charge in [-0.05, 0) is 40.6 Å². The predicted octanol–water partition coefficient (Wildman–Crippen LogP) is 14.6. The quantitative estimate of drug-likeness (QED) is 0.197. The summed E-state index contributed by atoms with van der Waals surface area (Å²) in [6, 6.07) is 30.3. The molecule has 0 nitrogen and oxygen atoms in total. The van der Waals surface area contributed by atoms with Gasteiger partial charge >= 0.3 is 28.4 Å². The average molecular weight is 941 g/mol.